The molecule has 0 spiro atoms. The molecule has 1 aromatic carbocycles. The van der Waals surface area contributed by atoms with E-state index in [1.807, 2.05) is 24.3 Å². The smallest absolute Gasteiger partial charge is 0.258 e. The van der Waals surface area contributed by atoms with E-state index in [0.717, 1.165) is 10.9 Å². The molecule has 0 aliphatic carbocycles. The number of hydrogen-bond donors (Lipinski definition) is 1. The Balaban J connectivity index is 1.45. The highest BCUT2D eigenvalue weighted by Gasteiger charge is 2.21. The van der Waals surface area contributed by atoms with Gasteiger partial charge in [0.05, 0.1) is 36.8 Å². The van der Waals surface area contributed by atoms with E-state index in [1.54, 1.807) is 40.2 Å². The first kappa shape index (κ1) is 17.3. The number of fused-ring (bicyclic) bond motifs is 1. The molecule has 0 atom stereocenters. The summed E-state index contributed by atoms with van der Waals surface area (Å²) >= 11 is 0. The van der Waals surface area contributed by atoms with E-state index in [4.69, 9.17) is 4.74 Å². The van der Waals surface area contributed by atoms with Crippen LogP contribution in [0.15, 0.2) is 59.7 Å². The number of carbonyl (C=O) groups excluding carboxylic acids is 1. The van der Waals surface area contributed by atoms with Gasteiger partial charge in [0.15, 0.2) is 0 Å². The molecule has 3 aromatic heterocycles. The number of ether oxygens (including phenoxy) is 1. The standard InChI is InChI=1S/C20H16N6O3/c27-19-12-29-8-7-25(19)18-6-5-14(10-21-18)26-11-17(23-24-26)15-9-13-3-1-2-4-16(13)22-20(15)28/h1-6,9-11H,7-8,12H2,(H,22,28). The summed E-state index contributed by atoms with van der Waals surface area (Å²) in [5.41, 5.74) is 2.12. The van der Waals surface area contributed by atoms with Gasteiger partial charge in [-0.3, -0.25) is 14.5 Å². The molecule has 1 fully saturated rings. The van der Waals surface area contributed by atoms with Crippen molar-refractivity contribution in [1.29, 1.82) is 0 Å². The van der Waals surface area contributed by atoms with Gasteiger partial charge in [-0.05, 0) is 29.7 Å². The molecular formula is C20H16N6O3. The Morgan fingerprint density at radius 3 is 2.83 bits per heavy atom. The number of aromatic nitrogens is 5. The summed E-state index contributed by atoms with van der Waals surface area (Å²) in [5.74, 6) is 0.448. The third-order valence-electron chi connectivity index (χ3n) is 4.78. The van der Waals surface area contributed by atoms with E-state index >= 15 is 0 Å². The van der Waals surface area contributed by atoms with Crippen molar-refractivity contribution in [2.24, 2.45) is 0 Å². The number of H-pyrrole nitrogens is 1. The van der Waals surface area contributed by atoms with E-state index in [2.05, 4.69) is 20.3 Å². The highest BCUT2D eigenvalue weighted by molar-refractivity contribution is 5.93. The van der Waals surface area contributed by atoms with Crippen LogP contribution in [0.25, 0.3) is 27.8 Å². The van der Waals surface area contributed by atoms with Crippen LogP contribution in [0.2, 0.25) is 0 Å². The van der Waals surface area contributed by atoms with Crippen molar-refractivity contribution in [2.75, 3.05) is 24.7 Å². The maximum atomic E-state index is 12.4. The quantitative estimate of drug-likeness (QED) is 0.571. The topological polar surface area (TPSA) is 106 Å². The number of anilines is 1. The number of hydrogen-bond acceptors (Lipinski definition) is 6. The van der Waals surface area contributed by atoms with E-state index < -0.39 is 0 Å². The molecule has 0 radical (unpaired) electrons. The molecule has 0 bridgehead atoms. The number of carbonyl (C=O) groups is 1. The Hall–Kier alpha value is -3.85. The summed E-state index contributed by atoms with van der Waals surface area (Å²) in [6.07, 6.45) is 3.29. The van der Waals surface area contributed by atoms with E-state index in [1.165, 1.54) is 0 Å². The SMILES string of the molecule is O=C1COCCN1c1ccc(-n2cc(-c3cc4ccccc4[nH]c3=O)nn2)cn1. The number of para-hydroxylation sites is 1. The Labute approximate surface area is 164 Å². The lowest BCUT2D eigenvalue weighted by atomic mass is 10.1. The van der Waals surface area contributed by atoms with Gasteiger partial charge in [0, 0.05) is 5.52 Å². The number of amides is 1. The van der Waals surface area contributed by atoms with Crippen molar-refractivity contribution < 1.29 is 9.53 Å². The molecule has 0 saturated carbocycles. The molecule has 4 heterocycles. The summed E-state index contributed by atoms with van der Waals surface area (Å²) in [6, 6.07) is 12.9. The van der Waals surface area contributed by atoms with Crippen LogP contribution in [0.1, 0.15) is 0 Å². The molecule has 5 rings (SSSR count). The number of pyridine rings is 2. The predicted octanol–water partition coefficient (Wildman–Crippen LogP) is 1.53. The molecule has 9 heteroatoms. The Morgan fingerprint density at radius 1 is 1.10 bits per heavy atom. The van der Waals surface area contributed by atoms with Gasteiger partial charge >= 0.3 is 0 Å². The first-order valence-electron chi connectivity index (χ1n) is 9.08. The lowest BCUT2D eigenvalue weighted by molar-refractivity contribution is -0.125. The van der Waals surface area contributed by atoms with Crippen molar-refractivity contribution in [3.8, 4) is 16.9 Å². The largest absolute Gasteiger partial charge is 0.370 e. The fourth-order valence-corrected chi connectivity index (χ4v) is 3.28. The second kappa shape index (κ2) is 6.95. The van der Waals surface area contributed by atoms with Crippen LogP contribution < -0.4 is 10.5 Å². The minimum absolute atomic E-state index is 0.0656. The zero-order chi connectivity index (χ0) is 19.8. The molecular weight excluding hydrogens is 372 g/mol. The van der Waals surface area contributed by atoms with Crippen molar-refractivity contribution >= 4 is 22.6 Å². The molecule has 1 saturated heterocycles. The van der Waals surface area contributed by atoms with Crippen molar-refractivity contribution in [3.63, 3.8) is 0 Å². The third-order valence-corrected chi connectivity index (χ3v) is 4.78. The summed E-state index contributed by atoms with van der Waals surface area (Å²) in [5, 5.41) is 9.17. The first-order valence-corrected chi connectivity index (χ1v) is 9.08. The van der Waals surface area contributed by atoms with Gasteiger partial charge in [0.25, 0.3) is 11.5 Å². The van der Waals surface area contributed by atoms with Gasteiger partial charge in [0.1, 0.15) is 18.1 Å². The predicted molar refractivity (Wildman–Crippen MR) is 106 cm³/mol. The van der Waals surface area contributed by atoms with Gasteiger partial charge in [-0.15, -0.1) is 5.10 Å². The third kappa shape index (κ3) is 3.17. The summed E-state index contributed by atoms with van der Waals surface area (Å²) in [6.45, 7) is 1.03. The lowest BCUT2D eigenvalue weighted by Gasteiger charge is -2.25. The maximum Gasteiger partial charge on any atom is 0.258 e. The number of nitrogens with zero attached hydrogens (tertiary/aromatic N) is 5. The molecule has 1 aliphatic rings. The summed E-state index contributed by atoms with van der Waals surface area (Å²) < 4.78 is 6.68. The van der Waals surface area contributed by atoms with Crippen molar-refractivity contribution in [2.45, 2.75) is 0 Å². The van der Waals surface area contributed by atoms with E-state index in [-0.39, 0.29) is 18.1 Å². The van der Waals surface area contributed by atoms with E-state index in [9.17, 15) is 9.59 Å². The van der Waals surface area contributed by atoms with Gasteiger partial charge in [0.2, 0.25) is 0 Å². The fraction of sp³-hybridized carbons (Fsp3) is 0.150. The molecule has 1 amide bonds. The molecule has 144 valence electrons. The van der Waals surface area contributed by atoms with Crippen LogP contribution in [0.4, 0.5) is 5.82 Å². The minimum atomic E-state index is -0.227. The van der Waals surface area contributed by atoms with Crippen LogP contribution in [0.3, 0.4) is 0 Å². The Morgan fingerprint density at radius 2 is 2.00 bits per heavy atom. The normalized spacial score (nSPS) is 14.5. The second-order valence-corrected chi connectivity index (χ2v) is 6.62. The van der Waals surface area contributed by atoms with E-state index in [0.29, 0.717) is 35.9 Å². The highest BCUT2D eigenvalue weighted by Crippen LogP contribution is 2.20. The van der Waals surface area contributed by atoms with Crippen LogP contribution in [0.5, 0.6) is 0 Å². The van der Waals surface area contributed by atoms with Crippen LogP contribution in [-0.2, 0) is 9.53 Å². The van der Waals surface area contributed by atoms with Crippen LogP contribution in [0, 0.1) is 0 Å². The Bertz CT molecular complexity index is 1260. The average molecular weight is 388 g/mol. The first-order chi connectivity index (χ1) is 14.2. The molecule has 1 N–H and O–H groups in total. The number of nitrogens with one attached hydrogen (secondary N) is 1. The summed E-state index contributed by atoms with van der Waals surface area (Å²) in [4.78, 5) is 33.2. The number of rotatable bonds is 3. The number of benzene rings is 1. The van der Waals surface area contributed by atoms with Crippen LogP contribution >= 0.6 is 0 Å². The molecule has 0 unspecified atom stereocenters. The summed E-state index contributed by atoms with van der Waals surface area (Å²) in [7, 11) is 0. The average Bonchev–Trinajstić information content (AvgIpc) is 3.24. The fourth-order valence-electron chi connectivity index (χ4n) is 3.28. The van der Waals surface area contributed by atoms with Crippen molar-refractivity contribution in [3.05, 3.63) is 65.2 Å². The highest BCUT2D eigenvalue weighted by atomic mass is 16.5. The zero-order valence-corrected chi connectivity index (χ0v) is 15.3. The van der Waals surface area contributed by atoms with Crippen LogP contribution in [-0.4, -0.2) is 50.6 Å². The molecule has 1 aliphatic heterocycles. The second-order valence-electron chi connectivity index (χ2n) is 6.62. The number of aromatic amines is 1. The van der Waals surface area contributed by atoms with Crippen molar-refractivity contribution in [1.82, 2.24) is 25.0 Å². The molecule has 29 heavy (non-hydrogen) atoms. The Kier molecular flexibility index (Phi) is 4.14. The van der Waals surface area contributed by atoms with Gasteiger partial charge < -0.3 is 9.72 Å². The van der Waals surface area contributed by atoms with Gasteiger partial charge in [-0.1, -0.05) is 23.4 Å². The monoisotopic (exact) mass is 388 g/mol. The number of morpholine rings is 1. The molecule has 9 nitrogen and oxygen atoms in total. The zero-order valence-electron chi connectivity index (χ0n) is 15.3. The maximum absolute atomic E-state index is 12.4. The lowest BCUT2D eigenvalue weighted by Crippen LogP contribution is -2.42. The molecule has 4 aromatic rings. The minimum Gasteiger partial charge on any atom is -0.370 e. The van der Waals surface area contributed by atoms with Gasteiger partial charge in [-0.2, -0.15) is 0 Å². The van der Waals surface area contributed by atoms with Gasteiger partial charge in [-0.25, -0.2) is 9.67 Å².